The molecule has 0 saturated heterocycles. The van der Waals surface area contributed by atoms with Crippen LogP contribution < -0.4 is 10.6 Å². The van der Waals surface area contributed by atoms with Gasteiger partial charge in [0.2, 0.25) is 0 Å². The molecule has 1 aromatic carbocycles. The molecule has 2 aromatic rings. The zero-order valence-corrected chi connectivity index (χ0v) is 15.8. The van der Waals surface area contributed by atoms with Crippen LogP contribution in [0.15, 0.2) is 41.5 Å². The van der Waals surface area contributed by atoms with Crippen LogP contribution in [0.25, 0.3) is 0 Å². The SMILES string of the molecule is CCNC(=NCc1cn(C)nc1C(F)(F)F)NC(C)CCc1ccccc1. The minimum absolute atomic E-state index is 0.0548. The third-order valence-electron chi connectivity index (χ3n) is 4.02. The lowest BCUT2D eigenvalue weighted by molar-refractivity contribution is -0.142. The molecule has 0 aliphatic rings. The van der Waals surface area contributed by atoms with E-state index in [2.05, 4.69) is 32.9 Å². The summed E-state index contributed by atoms with van der Waals surface area (Å²) < 4.78 is 40.3. The van der Waals surface area contributed by atoms with Crippen molar-refractivity contribution in [1.82, 2.24) is 20.4 Å². The van der Waals surface area contributed by atoms with Gasteiger partial charge in [-0.15, -0.1) is 0 Å². The molecular weight excluding hydrogens is 355 g/mol. The van der Waals surface area contributed by atoms with Crippen molar-refractivity contribution in [1.29, 1.82) is 0 Å². The lowest BCUT2D eigenvalue weighted by Gasteiger charge is -2.18. The van der Waals surface area contributed by atoms with Gasteiger partial charge in [-0.2, -0.15) is 18.3 Å². The number of halogens is 3. The molecule has 0 aliphatic carbocycles. The second-order valence-corrected chi connectivity index (χ2v) is 6.44. The van der Waals surface area contributed by atoms with E-state index in [0.717, 1.165) is 17.5 Å². The van der Waals surface area contributed by atoms with Crippen molar-refractivity contribution in [3.05, 3.63) is 53.3 Å². The quantitative estimate of drug-likeness (QED) is 0.570. The Morgan fingerprint density at radius 2 is 1.96 bits per heavy atom. The minimum Gasteiger partial charge on any atom is -0.357 e. The van der Waals surface area contributed by atoms with E-state index in [-0.39, 0.29) is 18.2 Å². The highest BCUT2D eigenvalue weighted by atomic mass is 19.4. The van der Waals surface area contributed by atoms with Gasteiger partial charge in [-0.05, 0) is 32.3 Å². The first-order valence-electron chi connectivity index (χ1n) is 8.98. The van der Waals surface area contributed by atoms with E-state index < -0.39 is 11.9 Å². The fourth-order valence-corrected chi connectivity index (χ4v) is 2.71. The van der Waals surface area contributed by atoms with Gasteiger partial charge in [-0.25, -0.2) is 4.99 Å². The molecular formula is C19H26F3N5. The normalized spacial score (nSPS) is 13.5. The van der Waals surface area contributed by atoms with E-state index in [1.54, 1.807) is 0 Å². The highest BCUT2D eigenvalue weighted by Gasteiger charge is 2.36. The number of alkyl halides is 3. The number of aromatic nitrogens is 2. The highest BCUT2D eigenvalue weighted by Crippen LogP contribution is 2.30. The number of nitrogens with zero attached hydrogens (tertiary/aromatic N) is 3. The topological polar surface area (TPSA) is 54.2 Å². The molecule has 2 rings (SSSR count). The summed E-state index contributed by atoms with van der Waals surface area (Å²) in [6, 6.07) is 10.3. The molecule has 1 unspecified atom stereocenters. The van der Waals surface area contributed by atoms with Gasteiger partial charge < -0.3 is 10.6 Å². The van der Waals surface area contributed by atoms with Gasteiger partial charge in [0.25, 0.3) is 0 Å². The fourth-order valence-electron chi connectivity index (χ4n) is 2.71. The Kier molecular flexibility index (Phi) is 7.27. The van der Waals surface area contributed by atoms with Gasteiger partial charge in [-0.1, -0.05) is 30.3 Å². The van der Waals surface area contributed by atoms with Crippen molar-refractivity contribution in [2.45, 2.75) is 45.5 Å². The van der Waals surface area contributed by atoms with Gasteiger partial charge in [-0.3, -0.25) is 4.68 Å². The Morgan fingerprint density at radius 3 is 2.59 bits per heavy atom. The largest absolute Gasteiger partial charge is 0.435 e. The number of benzene rings is 1. The summed E-state index contributed by atoms with van der Waals surface area (Å²) in [4.78, 5) is 4.31. The molecule has 0 bridgehead atoms. The van der Waals surface area contributed by atoms with Crippen molar-refractivity contribution in [3.63, 3.8) is 0 Å². The maximum Gasteiger partial charge on any atom is 0.435 e. The Bertz CT molecular complexity index is 738. The monoisotopic (exact) mass is 381 g/mol. The molecule has 0 spiro atoms. The van der Waals surface area contributed by atoms with E-state index in [1.165, 1.54) is 18.8 Å². The van der Waals surface area contributed by atoms with Crippen LogP contribution in [-0.2, 0) is 26.2 Å². The summed E-state index contributed by atoms with van der Waals surface area (Å²) in [5.41, 5.74) is 0.416. The van der Waals surface area contributed by atoms with Crippen molar-refractivity contribution < 1.29 is 13.2 Å². The minimum atomic E-state index is -4.49. The van der Waals surface area contributed by atoms with Crippen LogP contribution in [0, 0.1) is 0 Å². The number of aliphatic imine (C=N–C) groups is 1. The molecule has 8 heteroatoms. The van der Waals surface area contributed by atoms with Gasteiger partial charge >= 0.3 is 6.18 Å². The summed E-state index contributed by atoms with van der Waals surface area (Å²) in [6.45, 7) is 4.47. The third-order valence-corrected chi connectivity index (χ3v) is 4.02. The predicted octanol–water partition coefficient (Wildman–Crippen LogP) is 3.52. The van der Waals surface area contributed by atoms with E-state index in [0.29, 0.717) is 12.5 Å². The van der Waals surface area contributed by atoms with Gasteiger partial charge in [0.05, 0.1) is 6.54 Å². The molecule has 1 heterocycles. The molecule has 0 fully saturated rings. The van der Waals surface area contributed by atoms with E-state index in [9.17, 15) is 13.2 Å². The van der Waals surface area contributed by atoms with Crippen molar-refractivity contribution in [2.24, 2.45) is 12.0 Å². The van der Waals surface area contributed by atoms with Crippen LogP contribution in [0.3, 0.4) is 0 Å². The Hall–Kier alpha value is -2.51. The molecule has 5 nitrogen and oxygen atoms in total. The summed E-state index contributed by atoms with van der Waals surface area (Å²) in [5.74, 6) is 0.495. The lowest BCUT2D eigenvalue weighted by atomic mass is 10.1. The summed E-state index contributed by atoms with van der Waals surface area (Å²) in [7, 11) is 1.47. The molecule has 0 aliphatic heterocycles. The first-order chi connectivity index (χ1) is 12.8. The van der Waals surface area contributed by atoms with Gasteiger partial charge in [0, 0.05) is 31.4 Å². The molecule has 27 heavy (non-hydrogen) atoms. The van der Waals surface area contributed by atoms with Crippen molar-refractivity contribution in [2.75, 3.05) is 6.54 Å². The number of guanidine groups is 1. The van der Waals surface area contributed by atoms with Crippen molar-refractivity contribution in [3.8, 4) is 0 Å². The molecule has 2 N–H and O–H groups in total. The Morgan fingerprint density at radius 1 is 1.26 bits per heavy atom. The van der Waals surface area contributed by atoms with Crippen LogP contribution >= 0.6 is 0 Å². The summed E-state index contributed by atoms with van der Waals surface area (Å²) in [5, 5.41) is 9.84. The van der Waals surface area contributed by atoms with Gasteiger partial charge in [0.15, 0.2) is 11.7 Å². The zero-order chi connectivity index (χ0) is 19.9. The molecule has 1 aromatic heterocycles. The first kappa shape index (κ1) is 20.8. The fraction of sp³-hybridized carbons (Fsp3) is 0.474. The lowest BCUT2D eigenvalue weighted by Crippen LogP contribution is -2.42. The molecule has 1 atom stereocenters. The second-order valence-electron chi connectivity index (χ2n) is 6.44. The van der Waals surface area contributed by atoms with E-state index in [4.69, 9.17) is 0 Å². The smallest absolute Gasteiger partial charge is 0.357 e. The van der Waals surface area contributed by atoms with E-state index in [1.807, 2.05) is 32.0 Å². The molecule has 0 amide bonds. The van der Waals surface area contributed by atoms with Crippen LogP contribution in [0.1, 0.15) is 37.1 Å². The highest BCUT2D eigenvalue weighted by molar-refractivity contribution is 5.80. The van der Waals surface area contributed by atoms with Crippen molar-refractivity contribution >= 4 is 5.96 Å². The summed E-state index contributed by atoms with van der Waals surface area (Å²) >= 11 is 0. The molecule has 0 saturated carbocycles. The van der Waals surface area contributed by atoms with Gasteiger partial charge in [0.1, 0.15) is 0 Å². The zero-order valence-electron chi connectivity index (χ0n) is 15.8. The Balaban J connectivity index is 2.00. The maximum atomic E-state index is 13.1. The Labute approximate surface area is 157 Å². The second kappa shape index (κ2) is 9.43. The number of aryl methyl sites for hydroxylation is 2. The molecule has 0 radical (unpaired) electrons. The maximum absolute atomic E-state index is 13.1. The number of hydrogen-bond acceptors (Lipinski definition) is 2. The predicted molar refractivity (Wildman–Crippen MR) is 100 cm³/mol. The number of nitrogens with one attached hydrogen (secondary N) is 2. The third kappa shape index (κ3) is 6.62. The first-order valence-corrected chi connectivity index (χ1v) is 8.98. The van der Waals surface area contributed by atoms with E-state index >= 15 is 0 Å². The summed E-state index contributed by atoms with van der Waals surface area (Å²) in [6.07, 6.45) is -1.33. The average Bonchev–Trinajstić information content (AvgIpc) is 3.00. The number of rotatable bonds is 7. The van der Waals surface area contributed by atoms with Crippen LogP contribution in [0.2, 0.25) is 0 Å². The van der Waals surface area contributed by atoms with Crippen LogP contribution in [0.5, 0.6) is 0 Å². The van der Waals surface area contributed by atoms with Crippen LogP contribution in [0.4, 0.5) is 13.2 Å². The standard InChI is InChI=1S/C19H26F3N5/c1-4-23-18(25-14(2)10-11-15-8-6-5-7-9-15)24-12-16-13-27(3)26-17(16)19(20,21)22/h5-9,13-14H,4,10-12H2,1-3H3,(H2,23,24,25). The molecule has 148 valence electrons. The number of hydrogen-bond donors (Lipinski definition) is 2. The average molecular weight is 381 g/mol. The van der Waals surface area contributed by atoms with Crippen LogP contribution in [-0.4, -0.2) is 28.3 Å².